The highest BCUT2D eigenvalue weighted by atomic mass is 16.2. The molecule has 3 rings (SSSR count). The van der Waals surface area contributed by atoms with Crippen LogP contribution in [0.3, 0.4) is 0 Å². The summed E-state index contributed by atoms with van der Waals surface area (Å²) in [6.07, 6.45) is 1.23. The van der Waals surface area contributed by atoms with Crippen LogP contribution < -0.4 is 0 Å². The van der Waals surface area contributed by atoms with Gasteiger partial charge in [-0.05, 0) is 42.9 Å². The molecular weight excluding hydrogens is 336 g/mol. The summed E-state index contributed by atoms with van der Waals surface area (Å²) in [6, 6.07) is 9.97. The van der Waals surface area contributed by atoms with Crippen LogP contribution in [0.15, 0.2) is 24.3 Å². The number of hydrogen-bond acceptors (Lipinski definition) is 4. The molecule has 0 aromatic heterocycles. The highest BCUT2D eigenvalue weighted by Gasteiger charge is 2.32. The Bertz CT molecular complexity index is 663. The molecule has 2 heterocycles. The molecule has 1 aromatic carbocycles. The fourth-order valence-electron chi connectivity index (χ4n) is 4.51. The minimum absolute atomic E-state index is 0.0282. The van der Waals surface area contributed by atoms with E-state index in [0.29, 0.717) is 23.3 Å². The highest BCUT2D eigenvalue weighted by molar-refractivity contribution is 5.81. The zero-order chi connectivity index (χ0) is 19.4. The van der Waals surface area contributed by atoms with E-state index >= 15 is 0 Å². The number of rotatable bonds is 4. The number of likely N-dealkylation sites (tertiary alicyclic amines) is 1. The molecule has 5 nitrogen and oxygen atoms in total. The number of piperazine rings is 1. The molecule has 2 aliphatic rings. The zero-order valence-corrected chi connectivity index (χ0v) is 16.9. The lowest BCUT2D eigenvalue weighted by Gasteiger charge is -2.41. The first-order valence-corrected chi connectivity index (χ1v) is 10.2. The molecule has 0 radical (unpaired) electrons. The van der Waals surface area contributed by atoms with Crippen molar-refractivity contribution < 1.29 is 4.79 Å². The lowest BCUT2D eigenvalue weighted by Crippen LogP contribution is -2.56. The van der Waals surface area contributed by atoms with Crippen LogP contribution in [0.2, 0.25) is 0 Å². The Morgan fingerprint density at radius 3 is 2.26 bits per heavy atom. The van der Waals surface area contributed by atoms with Crippen molar-refractivity contribution in [2.24, 2.45) is 11.8 Å². The predicted octanol–water partition coefficient (Wildman–Crippen LogP) is 2.57. The van der Waals surface area contributed by atoms with Crippen molar-refractivity contribution in [2.45, 2.75) is 39.8 Å². The van der Waals surface area contributed by atoms with Gasteiger partial charge in [0.1, 0.15) is 0 Å². The van der Waals surface area contributed by atoms with E-state index < -0.39 is 0 Å². The van der Waals surface area contributed by atoms with Gasteiger partial charge in [-0.1, -0.05) is 26.0 Å². The first-order chi connectivity index (χ1) is 13.0. The molecule has 2 saturated heterocycles. The molecule has 0 bridgehead atoms. The van der Waals surface area contributed by atoms with E-state index in [1.165, 1.54) is 12.0 Å². The molecule has 1 amide bonds. The van der Waals surface area contributed by atoms with Crippen molar-refractivity contribution in [1.82, 2.24) is 14.7 Å². The average Bonchev–Trinajstić information content (AvgIpc) is 2.67. The predicted molar refractivity (Wildman–Crippen MR) is 107 cm³/mol. The van der Waals surface area contributed by atoms with Crippen LogP contribution in [-0.2, 0) is 11.3 Å². The minimum Gasteiger partial charge on any atom is -0.341 e. The van der Waals surface area contributed by atoms with Crippen molar-refractivity contribution in [2.75, 3.05) is 39.3 Å². The Hall–Kier alpha value is -1.90. The number of carbonyl (C=O) groups excluding carboxylic acids is 1. The lowest BCUT2D eigenvalue weighted by molar-refractivity contribution is -0.139. The molecule has 1 aromatic rings. The van der Waals surface area contributed by atoms with E-state index in [2.05, 4.69) is 41.5 Å². The Labute approximate surface area is 163 Å². The molecule has 146 valence electrons. The van der Waals surface area contributed by atoms with Gasteiger partial charge in [-0.2, -0.15) is 5.26 Å². The maximum atomic E-state index is 13.0. The molecule has 0 spiro atoms. The van der Waals surface area contributed by atoms with E-state index in [1.54, 1.807) is 0 Å². The van der Waals surface area contributed by atoms with Crippen LogP contribution >= 0.6 is 0 Å². The molecule has 0 N–H and O–H groups in total. The van der Waals surface area contributed by atoms with Gasteiger partial charge < -0.3 is 4.90 Å². The summed E-state index contributed by atoms with van der Waals surface area (Å²) in [5, 5.41) is 8.90. The van der Waals surface area contributed by atoms with Crippen molar-refractivity contribution in [3.63, 3.8) is 0 Å². The second kappa shape index (κ2) is 8.86. The summed E-state index contributed by atoms with van der Waals surface area (Å²) in [6.45, 7) is 13.1. The average molecular weight is 369 g/mol. The van der Waals surface area contributed by atoms with E-state index in [9.17, 15) is 4.79 Å². The van der Waals surface area contributed by atoms with Gasteiger partial charge in [0, 0.05) is 45.8 Å². The quantitative estimate of drug-likeness (QED) is 0.820. The fraction of sp³-hybridized carbons (Fsp3) is 0.636. The Morgan fingerprint density at radius 1 is 1.11 bits per heavy atom. The molecule has 0 saturated carbocycles. The Morgan fingerprint density at radius 2 is 1.70 bits per heavy atom. The summed E-state index contributed by atoms with van der Waals surface area (Å²) in [7, 11) is 0. The van der Waals surface area contributed by atoms with E-state index in [0.717, 1.165) is 45.8 Å². The SMILES string of the molecule is C[C@@H]1C[C@H](C)CN(C(=O)[C@@H](C)N2CCN(Cc3ccc(C#N)cc3)CC2)C1. The smallest absolute Gasteiger partial charge is 0.239 e. The summed E-state index contributed by atoms with van der Waals surface area (Å²) in [5.41, 5.74) is 1.94. The largest absolute Gasteiger partial charge is 0.341 e. The summed E-state index contributed by atoms with van der Waals surface area (Å²) in [5.74, 6) is 1.51. The summed E-state index contributed by atoms with van der Waals surface area (Å²) in [4.78, 5) is 19.8. The van der Waals surface area contributed by atoms with E-state index in [-0.39, 0.29) is 6.04 Å². The number of amides is 1. The maximum Gasteiger partial charge on any atom is 0.239 e. The molecular formula is C22H32N4O. The number of hydrogen-bond donors (Lipinski definition) is 0. The Kier molecular flexibility index (Phi) is 6.51. The third kappa shape index (κ3) is 5.09. The molecule has 3 atom stereocenters. The molecule has 2 aliphatic heterocycles. The van der Waals surface area contributed by atoms with Gasteiger partial charge in [-0.25, -0.2) is 0 Å². The lowest BCUT2D eigenvalue weighted by atomic mass is 9.91. The van der Waals surface area contributed by atoms with Crippen molar-refractivity contribution in [3.8, 4) is 6.07 Å². The van der Waals surface area contributed by atoms with Gasteiger partial charge >= 0.3 is 0 Å². The van der Waals surface area contributed by atoms with Gasteiger partial charge in [0.15, 0.2) is 0 Å². The Balaban J connectivity index is 1.49. The van der Waals surface area contributed by atoms with Crippen LogP contribution in [0.5, 0.6) is 0 Å². The van der Waals surface area contributed by atoms with Crippen LogP contribution in [0, 0.1) is 23.2 Å². The van der Waals surface area contributed by atoms with E-state index in [4.69, 9.17) is 5.26 Å². The zero-order valence-electron chi connectivity index (χ0n) is 16.9. The van der Waals surface area contributed by atoms with Crippen LogP contribution in [-0.4, -0.2) is 65.9 Å². The summed E-state index contributed by atoms with van der Waals surface area (Å²) >= 11 is 0. The number of benzene rings is 1. The first kappa shape index (κ1) is 19.9. The van der Waals surface area contributed by atoms with Crippen LogP contribution in [0.25, 0.3) is 0 Å². The first-order valence-electron chi connectivity index (χ1n) is 10.2. The standard InChI is InChI=1S/C22H32N4O/c1-17-12-18(2)15-26(14-17)22(27)19(3)25-10-8-24(9-11-25)16-21-6-4-20(13-23)5-7-21/h4-7,17-19H,8-12,14-16H2,1-3H3/t17-,18+,19-/m1/s1. The number of nitriles is 1. The van der Waals surface area contributed by atoms with Gasteiger partial charge in [-0.3, -0.25) is 14.6 Å². The molecule has 2 fully saturated rings. The molecule has 5 heteroatoms. The van der Waals surface area contributed by atoms with Crippen LogP contribution in [0.4, 0.5) is 0 Å². The normalized spacial score (nSPS) is 25.8. The van der Waals surface area contributed by atoms with Gasteiger partial charge in [-0.15, -0.1) is 0 Å². The number of carbonyl (C=O) groups is 1. The minimum atomic E-state index is -0.0282. The van der Waals surface area contributed by atoms with Crippen molar-refractivity contribution in [3.05, 3.63) is 35.4 Å². The van der Waals surface area contributed by atoms with E-state index in [1.807, 2.05) is 24.3 Å². The van der Waals surface area contributed by atoms with Gasteiger partial charge in [0.2, 0.25) is 5.91 Å². The highest BCUT2D eigenvalue weighted by Crippen LogP contribution is 2.22. The number of nitrogens with zero attached hydrogens (tertiary/aromatic N) is 4. The van der Waals surface area contributed by atoms with Crippen LogP contribution in [0.1, 0.15) is 38.3 Å². The molecule has 0 aliphatic carbocycles. The second-order valence-corrected chi connectivity index (χ2v) is 8.49. The van der Waals surface area contributed by atoms with Gasteiger partial charge in [0.05, 0.1) is 17.7 Å². The fourth-order valence-corrected chi connectivity index (χ4v) is 4.51. The molecule has 0 unspecified atom stereocenters. The van der Waals surface area contributed by atoms with Crippen molar-refractivity contribution in [1.29, 1.82) is 5.26 Å². The topological polar surface area (TPSA) is 50.6 Å². The summed E-state index contributed by atoms with van der Waals surface area (Å²) < 4.78 is 0. The maximum absolute atomic E-state index is 13.0. The molecule has 27 heavy (non-hydrogen) atoms. The monoisotopic (exact) mass is 368 g/mol. The number of piperidine rings is 1. The second-order valence-electron chi connectivity index (χ2n) is 8.49. The third-order valence-electron chi connectivity index (χ3n) is 5.98. The van der Waals surface area contributed by atoms with Crippen molar-refractivity contribution >= 4 is 5.91 Å². The third-order valence-corrected chi connectivity index (χ3v) is 5.98. The van der Waals surface area contributed by atoms with Gasteiger partial charge in [0.25, 0.3) is 0 Å².